The van der Waals surface area contributed by atoms with Crippen molar-refractivity contribution in [1.29, 1.82) is 0 Å². The van der Waals surface area contributed by atoms with Gasteiger partial charge in [0.1, 0.15) is 0 Å². The van der Waals surface area contributed by atoms with Crippen LogP contribution in [0.25, 0.3) is 18.2 Å². The molecule has 5 nitrogen and oxygen atoms in total. The number of benzene rings is 3. The zero-order valence-corrected chi connectivity index (χ0v) is 23.5. The maximum atomic E-state index is 12.8. The van der Waals surface area contributed by atoms with Crippen molar-refractivity contribution >= 4 is 24.2 Å². The predicted molar refractivity (Wildman–Crippen MR) is 162 cm³/mol. The first-order valence-corrected chi connectivity index (χ1v) is 13.6. The minimum atomic E-state index is -1.12. The van der Waals surface area contributed by atoms with Gasteiger partial charge in [0, 0.05) is 6.42 Å². The Balaban J connectivity index is 1.73. The largest absolute Gasteiger partial charge is 0.452 e. The van der Waals surface area contributed by atoms with Crippen LogP contribution in [0.15, 0.2) is 92.5 Å². The van der Waals surface area contributed by atoms with Gasteiger partial charge in [-0.05, 0) is 39.8 Å². The lowest BCUT2D eigenvalue weighted by atomic mass is 10.1. The molecule has 0 aliphatic rings. The summed E-state index contributed by atoms with van der Waals surface area (Å²) in [4.78, 5) is 12.8. The van der Waals surface area contributed by atoms with Crippen molar-refractivity contribution in [2.24, 2.45) is 0 Å². The molecule has 0 atom stereocenters. The van der Waals surface area contributed by atoms with Crippen LogP contribution in [0.5, 0.6) is 0 Å². The van der Waals surface area contributed by atoms with Gasteiger partial charge in [-0.2, -0.15) is 0 Å². The normalized spacial score (nSPS) is 11.1. The van der Waals surface area contributed by atoms with Crippen LogP contribution in [0.3, 0.4) is 0 Å². The Morgan fingerprint density at radius 3 is 1.23 bits per heavy atom. The van der Waals surface area contributed by atoms with Gasteiger partial charge >= 0.3 is 5.97 Å². The van der Waals surface area contributed by atoms with E-state index in [0.29, 0.717) is 32.7 Å². The molecule has 0 aromatic heterocycles. The molecular formula is C35H40O5. The lowest BCUT2D eigenvalue weighted by Gasteiger charge is -2.33. The van der Waals surface area contributed by atoms with Gasteiger partial charge in [0.05, 0.1) is 39.6 Å². The molecule has 0 spiro atoms. The smallest absolute Gasteiger partial charge is 0.306 e. The molecule has 0 aliphatic carbocycles. The van der Waals surface area contributed by atoms with Crippen LogP contribution in [0.1, 0.15) is 53.1 Å². The summed E-state index contributed by atoms with van der Waals surface area (Å²) < 4.78 is 24.4. The second-order valence-electron chi connectivity index (χ2n) is 9.72. The predicted octanol–water partition coefficient (Wildman–Crippen LogP) is 7.65. The van der Waals surface area contributed by atoms with Gasteiger partial charge in [0.25, 0.3) is 0 Å². The van der Waals surface area contributed by atoms with Crippen molar-refractivity contribution < 1.29 is 23.7 Å². The van der Waals surface area contributed by atoms with Crippen molar-refractivity contribution in [3.05, 3.63) is 126 Å². The van der Waals surface area contributed by atoms with E-state index in [-0.39, 0.29) is 25.8 Å². The molecule has 0 N–H and O–H groups in total. The van der Waals surface area contributed by atoms with Crippen LogP contribution in [0.2, 0.25) is 0 Å². The van der Waals surface area contributed by atoms with E-state index in [1.807, 2.05) is 79.7 Å². The van der Waals surface area contributed by atoms with Crippen LogP contribution >= 0.6 is 0 Å². The summed E-state index contributed by atoms with van der Waals surface area (Å²) >= 11 is 0. The van der Waals surface area contributed by atoms with Gasteiger partial charge in [0.2, 0.25) is 0 Å². The highest BCUT2D eigenvalue weighted by Gasteiger charge is 2.36. The molecule has 3 aromatic carbocycles. The number of hydrogen-bond donors (Lipinski definition) is 0. The molecule has 0 fully saturated rings. The van der Waals surface area contributed by atoms with Gasteiger partial charge in [-0.25, -0.2) is 0 Å². The van der Waals surface area contributed by atoms with E-state index < -0.39 is 5.60 Å². The molecule has 0 aliphatic heterocycles. The summed E-state index contributed by atoms with van der Waals surface area (Å²) in [5.74, 6) is -0.306. The Bertz CT molecular complexity index is 1070. The number of rotatable bonds is 18. The van der Waals surface area contributed by atoms with E-state index in [2.05, 4.69) is 19.7 Å². The number of carbonyl (C=O) groups excluding carboxylic acids is 1. The van der Waals surface area contributed by atoms with Gasteiger partial charge in [0.15, 0.2) is 5.60 Å². The van der Waals surface area contributed by atoms with E-state index in [1.54, 1.807) is 18.2 Å². The van der Waals surface area contributed by atoms with Crippen LogP contribution in [0.4, 0.5) is 0 Å². The summed E-state index contributed by atoms with van der Waals surface area (Å²) in [6.07, 6.45) is 6.38. The molecular weight excluding hydrogens is 500 g/mol. The second kappa shape index (κ2) is 16.4. The topological polar surface area (TPSA) is 54.0 Å². The fourth-order valence-corrected chi connectivity index (χ4v) is 4.02. The van der Waals surface area contributed by atoms with Crippen LogP contribution in [0, 0.1) is 0 Å². The van der Waals surface area contributed by atoms with Crippen LogP contribution in [-0.4, -0.2) is 31.4 Å². The number of esters is 1. The molecule has 0 saturated carbocycles. The molecule has 3 aromatic rings. The highest BCUT2D eigenvalue weighted by molar-refractivity contribution is 5.69. The molecule has 0 amide bonds. The molecule has 0 saturated heterocycles. The summed E-state index contributed by atoms with van der Waals surface area (Å²) in [6, 6.07) is 23.9. The SMILES string of the molecule is C=Cc1ccc(COCC(COCc2ccc(C=C)cc2)(COCc2ccc(C=C)cc2)OC(=O)CCC)cc1. The molecule has 40 heavy (non-hydrogen) atoms. The summed E-state index contributed by atoms with van der Waals surface area (Å²) in [5, 5.41) is 0. The summed E-state index contributed by atoms with van der Waals surface area (Å²) in [6.45, 7) is 14.8. The third kappa shape index (κ3) is 10.1. The molecule has 0 radical (unpaired) electrons. The highest BCUT2D eigenvalue weighted by Crippen LogP contribution is 2.20. The van der Waals surface area contributed by atoms with Crippen molar-refractivity contribution in [1.82, 2.24) is 0 Å². The summed E-state index contributed by atoms with van der Waals surface area (Å²) in [5.41, 5.74) is 5.01. The van der Waals surface area contributed by atoms with Crippen molar-refractivity contribution in [2.45, 2.75) is 45.2 Å². The van der Waals surface area contributed by atoms with Gasteiger partial charge < -0.3 is 18.9 Å². The lowest BCUT2D eigenvalue weighted by molar-refractivity contribution is -0.191. The van der Waals surface area contributed by atoms with E-state index in [4.69, 9.17) is 18.9 Å². The maximum absolute atomic E-state index is 12.8. The monoisotopic (exact) mass is 540 g/mol. The fourth-order valence-electron chi connectivity index (χ4n) is 4.02. The molecule has 3 rings (SSSR count). The van der Waals surface area contributed by atoms with Crippen molar-refractivity contribution in [2.75, 3.05) is 19.8 Å². The van der Waals surface area contributed by atoms with Crippen molar-refractivity contribution in [3.8, 4) is 0 Å². The van der Waals surface area contributed by atoms with Gasteiger partial charge in [-0.1, -0.05) is 118 Å². The Kier molecular flexibility index (Phi) is 12.6. The zero-order chi connectivity index (χ0) is 28.6. The van der Waals surface area contributed by atoms with Crippen molar-refractivity contribution in [3.63, 3.8) is 0 Å². The van der Waals surface area contributed by atoms with Crippen LogP contribution < -0.4 is 0 Å². The van der Waals surface area contributed by atoms with Gasteiger partial charge in [-0.15, -0.1) is 0 Å². The van der Waals surface area contributed by atoms with E-state index in [0.717, 1.165) is 33.4 Å². The number of ether oxygens (including phenoxy) is 4. The quantitative estimate of drug-likeness (QED) is 0.155. The fraction of sp³-hybridized carbons (Fsp3) is 0.286. The third-order valence-corrected chi connectivity index (χ3v) is 6.33. The maximum Gasteiger partial charge on any atom is 0.306 e. The first-order valence-electron chi connectivity index (χ1n) is 13.6. The Labute approximate surface area is 238 Å². The van der Waals surface area contributed by atoms with E-state index >= 15 is 0 Å². The number of carbonyl (C=O) groups is 1. The average molecular weight is 541 g/mol. The minimum Gasteiger partial charge on any atom is -0.452 e. The second-order valence-corrected chi connectivity index (χ2v) is 9.72. The minimum absolute atomic E-state index is 0.121. The molecule has 5 heteroatoms. The Morgan fingerprint density at radius 2 is 0.950 bits per heavy atom. The standard InChI is InChI=1S/C35H40O5/c1-5-9-34(36)40-35(25-37-22-31-16-10-28(6-2)11-17-31,26-38-23-32-18-12-29(7-3)13-19-32)27-39-24-33-20-14-30(8-4)15-21-33/h6-8,10-21H,2-5,9,22-27H2,1H3. The molecule has 0 heterocycles. The Morgan fingerprint density at radius 1 is 0.625 bits per heavy atom. The zero-order valence-electron chi connectivity index (χ0n) is 23.5. The van der Waals surface area contributed by atoms with Gasteiger partial charge in [-0.3, -0.25) is 4.79 Å². The average Bonchev–Trinajstić information content (AvgIpc) is 2.98. The van der Waals surface area contributed by atoms with Crippen LogP contribution in [-0.2, 0) is 43.6 Å². The molecule has 0 unspecified atom stereocenters. The molecule has 0 bridgehead atoms. The highest BCUT2D eigenvalue weighted by atomic mass is 16.6. The Hall–Kier alpha value is -3.77. The van der Waals surface area contributed by atoms with E-state index in [1.165, 1.54) is 0 Å². The molecule has 210 valence electrons. The number of hydrogen-bond acceptors (Lipinski definition) is 5. The first-order chi connectivity index (χ1) is 19.5. The summed E-state index contributed by atoms with van der Waals surface area (Å²) in [7, 11) is 0. The third-order valence-electron chi connectivity index (χ3n) is 6.33. The van der Waals surface area contributed by atoms with E-state index in [9.17, 15) is 4.79 Å². The first kappa shape index (κ1) is 30.8. The lowest BCUT2D eigenvalue weighted by Crippen LogP contribution is -2.48.